The van der Waals surface area contributed by atoms with Gasteiger partial charge in [0.25, 0.3) is 5.91 Å². The van der Waals surface area contributed by atoms with Gasteiger partial charge in [0.15, 0.2) is 12.4 Å². The summed E-state index contributed by atoms with van der Waals surface area (Å²) in [6.45, 7) is 2.95. The molecule has 1 N–H and O–H groups in total. The molecule has 2 aromatic heterocycles. The Morgan fingerprint density at radius 3 is 2.76 bits per heavy atom. The lowest BCUT2D eigenvalue weighted by atomic mass is 10.1. The largest absolute Gasteiger partial charge is 0.482 e. The van der Waals surface area contributed by atoms with Gasteiger partial charge in [-0.2, -0.15) is 0 Å². The number of rotatable bonds is 6. The van der Waals surface area contributed by atoms with Crippen LogP contribution in [0.25, 0.3) is 11.3 Å². The van der Waals surface area contributed by atoms with Crippen molar-refractivity contribution < 1.29 is 14.3 Å². The summed E-state index contributed by atoms with van der Waals surface area (Å²) in [6, 6.07) is 14.9. The number of pyridine rings is 1. The number of anilines is 2. The standard InChI is InChI=1S/C21H21N5O3/c27-21(15-29-18-5-2-8-22-14-18)23-17-4-1-3-16(13-17)19-6-7-20(25-24-19)26-9-11-28-12-10-26/h1-8,13-14H,9-12,15H2,(H,23,27). The van der Waals surface area contributed by atoms with E-state index in [1.807, 2.05) is 36.4 Å². The maximum atomic E-state index is 12.2. The average molecular weight is 391 g/mol. The summed E-state index contributed by atoms with van der Waals surface area (Å²) in [5, 5.41) is 11.5. The second kappa shape index (κ2) is 9.11. The number of amides is 1. The van der Waals surface area contributed by atoms with Gasteiger partial charge in [0.1, 0.15) is 5.75 Å². The Hall–Kier alpha value is -3.52. The van der Waals surface area contributed by atoms with E-state index in [2.05, 4.69) is 25.4 Å². The number of nitrogens with zero attached hydrogens (tertiary/aromatic N) is 4. The summed E-state index contributed by atoms with van der Waals surface area (Å²) in [6.07, 6.45) is 3.21. The number of hydrogen-bond donors (Lipinski definition) is 1. The van der Waals surface area contributed by atoms with Crippen molar-refractivity contribution >= 4 is 17.4 Å². The van der Waals surface area contributed by atoms with Crippen LogP contribution in [0.5, 0.6) is 5.75 Å². The fraction of sp³-hybridized carbons (Fsp3) is 0.238. The minimum Gasteiger partial charge on any atom is -0.482 e. The molecule has 0 aliphatic carbocycles. The molecule has 0 spiro atoms. The zero-order valence-corrected chi connectivity index (χ0v) is 15.8. The van der Waals surface area contributed by atoms with Gasteiger partial charge in [-0.3, -0.25) is 9.78 Å². The van der Waals surface area contributed by atoms with Gasteiger partial charge in [0, 0.05) is 30.5 Å². The molecule has 0 unspecified atom stereocenters. The number of carbonyl (C=O) groups is 1. The van der Waals surface area contributed by atoms with E-state index < -0.39 is 0 Å². The van der Waals surface area contributed by atoms with Crippen LogP contribution in [0.4, 0.5) is 11.5 Å². The molecular weight excluding hydrogens is 370 g/mol. The maximum absolute atomic E-state index is 12.2. The van der Waals surface area contributed by atoms with E-state index in [1.54, 1.807) is 24.5 Å². The van der Waals surface area contributed by atoms with Crippen molar-refractivity contribution in [1.82, 2.24) is 15.2 Å². The Labute approximate surface area is 168 Å². The van der Waals surface area contributed by atoms with E-state index in [-0.39, 0.29) is 12.5 Å². The molecule has 8 heteroatoms. The molecule has 148 valence electrons. The van der Waals surface area contributed by atoms with Crippen molar-refractivity contribution in [3.05, 3.63) is 60.9 Å². The van der Waals surface area contributed by atoms with Crippen molar-refractivity contribution in [2.45, 2.75) is 0 Å². The summed E-state index contributed by atoms with van der Waals surface area (Å²) in [5.41, 5.74) is 2.28. The van der Waals surface area contributed by atoms with E-state index in [4.69, 9.17) is 9.47 Å². The highest BCUT2D eigenvalue weighted by atomic mass is 16.5. The van der Waals surface area contributed by atoms with Crippen LogP contribution >= 0.6 is 0 Å². The molecule has 29 heavy (non-hydrogen) atoms. The van der Waals surface area contributed by atoms with E-state index >= 15 is 0 Å². The van der Waals surface area contributed by atoms with E-state index in [0.717, 1.165) is 30.2 Å². The lowest BCUT2D eigenvalue weighted by molar-refractivity contribution is -0.118. The average Bonchev–Trinajstić information content (AvgIpc) is 2.79. The van der Waals surface area contributed by atoms with Gasteiger partial charge < -0.3 is 19.7 Å². The van der Waals surface area contributed by atoms with Crippen LogP contribution < -0.4 is 15.0 Å². The zero-order chi connectivity index (χ0) is 19.9. The minimum absolute atomic E-state index is 0.0933. The predicted octanol–water partition coefficient (Wildman–Crippen LogP) is 2.39. The quantitative estimate of drug-likeness (QED) is 0.690. The van der Waals surface area contributed by atoms with Crippen LogP contribution in [0.2, 0.25) is 0 Å². The predicted molar refractivity (Wildman–Crippen MR) is 109 cm³/mol. The van der Waals surface area contributed by atoms with Gasteiger partial charge >= 0.3 is 0 Å². The van der Waals surface area contributed by atoms with Crippen molar-refractivity contribution in [1.29, 1.82) is 0 Å². The van der Waals surface area contributed by atoms with Crippen LogP contribution in [-0.2, 0) is 9.53 Å². The summed E-state index contributed by atoms with van der Waals surface area (Å²) in [4.78, 5) is 18.3. The molecule has 3 aromatic rings. The van der Waals surface area contributed by atoms with E-state index in [9.17, 15) is 4.79 Å². The van der Waals surface area contributed by atoms with E-state index in [1.165, 1.54) is 0 Å². The first-order chi connectivity index (χ1) is 14.3. The van der Waals surface area contributed by atoms with Gasteiger partial charge in [0.05, 0.1) is 25.1 Å². The Bertz CT molecular complexity index is 944. The van der Waals surface area contributed by atoms with E-state index in [0.29, 0.717) is 24.7 Å². The molecule has 3 heterocycles. The highest BCUT2D eigenvalue weighted by Crippen LogP contribution is 2.22. The normalized spacial score (nSPS) is 13.7. The number of nitrogens with one attached hydrogen (secondary N) is 1. The number of carbonyl (C=O) groups excluding carboxylic acids is 1. The fourth-order valence-corrected chi connectivity index (χ4v) is 2.97. The molecule has 0 atom stereocenters. The first-order valence-corrected chi connectivity index (χ1v) is 9.37. The number of morpholine rings is 1. The molecule has 1 amide bonds. The van der Waals surface area contributed by atoms with Gasteiger partial charge in [-0.25, -0.2) is 0 Å². The molecule has 0 saturated carbocycles. The SMILES string of the molecule is O=C(COc1cccnc1)Nc1cccc(-c2ccc(N3CCOCC3)nn2)c1. The molecule has 0 bridgehead atoms. The maximum Gasteiger partial charge on any atom is 0.262 e. The Morgan fingerprint density at radius 2 is 2.00 bits per heavy atom. The first-order valence-electron chi connectivity index (χ1n) is 9.37. The van der Waals surface area contributed by atoms with Crippen LogP contribution in [0, 0.1) is 0 Å². The molecular formula is C21H21N5O3. The third kappa shape index (κ3) is 5.05. The van der Waals surface area contributed by atoms with Crippen LogP contribution in [0.3, 0.4) is 0 Å². The fourth-order valence-electron chi connectivity index (χ4n) is 2.97. The van der Waals surface area contributed by atoms with Crippen LogP contribution in [0.1, 0.15) is 0 Å². The van der Waals surface area contributed by atoms with Crippen molar-refractivity contribution in [2.75, 3.05) is 43.1 Å². The molecule has 1 aliphatic heterocycles. The molecule has 1 aromatic carbocycles. The molecule has 1 fully saturated rings. The molecule has 1 saturated heterocycles. The highest BCUT2D eigenvalue weighted by Gasteiger charge is 2.13. The molecule has 0 radical (unpaired) electrons. The van der Waals surface area contributed by atoms with Gasteiger partial charge in [-0.1, -0.05) is 12.1 Å². The summed E-state index contributed by atoms with van der Waals surface area (Å²) >= 11 is 0. The topological polar surface area (TPSA) is 89.5 Å². The summed E-state index contributed by atoms with van der Waals surface area (Å²) < 4.78 is 10.8. The Kier molecular flexibility index (Phi) is 5.92. The molecule has 8 nitrogen and oxygen atoms in total. The Balaban J connectivity index is 1.38. The number of hydrogen-bond acceptors (Lipinski definition) is 7. The summed E-state index contributed by atoms with van der Waals surface area (Å²) in [5.74, 6) is 1.14. The summed E-state index contributed by atoms with van der Waals surface area (Å²) in [7, 11) is 0. The van der Waals surface area contributed by atoms with Crippen molar-refractivity contribution in [2.24, 2.45) is 0 Å². The van der Waals surface area contributed by atoms with Crippen LogP contribution in [0.15, 0.2) is 60.9 Å². The zero-order valence-electron chi connectivity index (χ0n) is 15.8. The van der Waals surface area contributed by atoms with Crippen molar-refractivity contribution in [3.8, 4) is 17.0 Å². The van der Waals surface area contributed by atoms with Gasteiger partial charge in [-0.05, 0) is 36.4 Å². The first kappa shape index (κ1) is 18.8. The minimum atomic E-state index is -0.250. The third-order valence-electron chi connectivity index (χ3n) is 4.43. The third-order valence-corrected chi connectivity index (χ3v) is 4.43. The number of aromatic nitrogens is 3. The lowest BCUT2D eigenvalue weighted by Gasteiger charge is -2.27. The lowest BCUT2D eigenvalue weighted by Crippen LogP contribution is -2.36. The van der Waals surface area contributed by atoms with Gasteiger partial charge in [-0.15, -0.1) is 10.2 Å². The van der Waals surface area contributed by atoms with Gasteiger partial charge in [0.2, 0.25) is 0 Å². The second-order valence-corrected chi connectivity index (χ2v) is 6.48. The molecule has 4 rings (SSSR count). The second-order valence-electron chi connectivity index (χ2n) is 6.48. The number of ether oxygens (including phenoxy) is 2. The Morgan fingerprint density at radius 1 is 1.10 bits per heavy atom. The highest BCUT2D eigenvalue weighted by molar-refractivity contribution is 5.92. The smallest absolute Gasteiger partial charge is 0.262 e. The molecule has 1 aliphatic rings. The van der Waals surface area contributed by atoms with Crippen LogP contribution in [-0.4, -0.2) is 54.0 Å². The number of benzene rings is 1. The van der Waals surface area contributed by atoms with Crippen molar-refractivity contribution in [3.63, 3.8) is 0 Å². The monoisotopic (exact) mass is 391 g/mol.